The van der Waals surface area contributed by atoms with Crippen LogP contribution < -0.4 is 14.8 Å². The highest BCUT2D eigenvalue weighted by Crippen LogP contribution is 2.39. The van der Waals surface area contributed by atoms with Crippen molar-refractivity contribution in [3.63, 3.8) is 0 Å². The van der Waals surface area contributed by atoms with E-state index in [0.717, 1.165) is 15.8 Å². The number of carbonyl (C=O) groups is 1. The number of hydrogen-bond donors (Lipinski definition) is 2. The minimum atomic E-state index is -0.861. The summed E-state index contributed by atoms with van der Waals surface area (Å²) in [5, 5.41) is 14.0. The number of hydrogen-bond acceptors (Lipinski definition) is 6. The summed E-state index contributed by atoms with van der Waals surface area (Å²) < 4.78 is 11.8. The fraction of sp³-hybridized carbons (Fsp3) is 0.263. The molecule has 1 aromatic heterocycles. The van der Waals surface area contributed by atoms with E-state index in [0.29, 0.717) is 28.7 Å². The second kappa shape index (κ2) is 7.05. The number of aromatic nitrogens is 1. The summed E-state index contributed by atoms with van der Waals surface area (Å²) in [5.74, 6) is 1.20. The number of methoxy groups -OCH3 is 2. The van der Waals surface area contributed by atoms with Crippen molar-refractivity contribution in [2.24, 2.45) is 0 Å². The van der Waals surface area contributed by atoms with E-state index in [1.165, 1.54) is 11.3 Å². The van der Waals surface area contributed by atoms with E-state index in [-0.39, 0.29) is 12.6 Å². The summed E-state index contributed by atoms with van der Waals surface area (Å²) >= 11 is 1.41. The normalized spacial score (nSPS) is 16.1. The molecule has 0 saturated carbocycles. The van der Waals surface area contributed by atoms with Crippen LogP contribution in [-0.2, 0) is 6.54 Å². The van der Waals surface area contributed by atoms with Gasteiger partial charge in [-0.25, -0.2) is 9.78 Å². The van der Waals surface area contributed by atoms with Gasteiger partial charge in [0.05, 0.1) is 37.5 Å². The number of rotatable bonds is 3. The molecule has 7 nitrogen and oxygen atoms in total. The van der Waals surface area contributed by atoms with Crippen LogP contribution in [0.2, 0.25) is 0 Å². The number of aliphatic hydroxyl groups excluding tert-OH is 1. The highest BCUT2D eigenvalue weighted by molar-refractivity contribution is 7.22. The molecule has 0 unspecified atom stereocenters. The quantitative estimate of drug-likeness (QED) is 0.722. The van der Waals surface area contributed by atoms with Crippen LogP contribution in [0, 0.1) is 0 Å². The van der Waals surface area contributed by atoms with Crippen LogP contribution in [0.5, 0.6) is 11.5 Å². The van der Waals surface area contributed by atoms with Crippen LogP contribution in [0.1, 0.15) is 17.2 Å². The SMILES string of the molecule is COc1ccc(OC)c2c1CN(C(=O)Nc1nc3ccccc3s1)C[C@H]2O. The third-order valence-electron chi connectivity index (χ3n) is 4.58. The number of ether oxygens (including phenoxy) is 2. The first-order valence-electron chi connectivity index (χ1n) is 8.44. The molecule has 2 aromatic carbocycles. The highest BCUT2D eigenvalue weighted by Gasteiger charge is 2.32. The molecule has 0 bridgehead atoms. The topological polar surface area (TPSA) is 83.9 Å². The molecule has 0 aliphatic carbocycles. The molecule has 0 spiro atoms. The van der Waals surface area contributed by atoms with Crippen LogP contribution in [0.4, 0.5) is 9.93 Å². The lowest BCUT2D eigenvalue weighted by Gasteiger charge is -2.33. The van der Waals surface area contributed by atoms with Crippen molar-refractivity contribution in [2.45, 2.75) is 12.6 Å². The van der Waals surface area contributed by atoms with E-state index in [1.54, 1.807) is 31.3 Å². The van der Waals surface area contributed by atoms with Crippen molar-refractivity contribution in [2.75, 3.05) is 26.1 Å². The molecule has 0 radical (unpaired) electrons. The monoisotopic (exact) mass is 385 g/mol. The molecule has 0 fully saturated rings. The van der Waals surface area contributed by atoms with E-state index < -0.39 is 6.10 Å². The Hall–Kier alpha value is -2.84. The number of urea groups is 1. The summed E-state index contributed by atoms with van der Waals surface area (Å²) in [6, 6.07) is 10.9. The standard InChI is InChI=1S/C19H19N3O4S/c1-25-14-7-8-15(26-2)17-11(14)9-22(10-13(17)23)19(24)21-18-20-12-5-3-4-6-16(12)27-18/h3-8,13,23H,9-10H2,1-2H3,(H,20,21,24)/t13-/m1/s1. The van der Waals surface area contributed by atoms with Crippen LogP contribution in [0.15, 0.2) is 36.4 Å². The van der Waals surface area contributed by atoms with Crippen molar-refractivity contribution in [1.82, 2.24) is 9.88 Å². The third kappa shape index (κ3) is 3.17. The Labute approximate surface area is 160 Å². The van der Waals surface area contributed by atoms with Crippen LogP contribution in [0.3, 0.4) is 0 Å². The predicted octanol–water partition coefficient (Wildman–Crippen LogP) is 3.39. The largest absolute Gasteiger partial charge is 0.496 e. The van der Waals surface area contributed by atoms with Crippen molar-refractivity contribution in [1.29, 1.82) is 0 Å². The fourth-order valence-electron chi connectivity index (χ4n) is 3.33. The number of anilines is 1. The van der Waals surface area contributed by atoms with Gasteiger partial charge in [-0.2, -0.15) is 0 Å². The van der Waals surface area contributed by atoms with Gasteiger partial charge >= 0.3 is 6.03 Å². The van der Waals surface area contributed by atoms with Gasteiger partial charge in [-0.3, -0.25) is 5.32 Å². The van der Waals surface area contributed by atoms with Gasteiger partial charge in [0.2, 0.25) is 0 Å². The zero-order valence-electron chi connectivity index (χ0n) is 14.9. The minimum Gasteiger partial charge on any atom is -0.496 e. The molecular formula is C19H19N3O4S. The highest BCUT2D eigenvalue weighted by atomic mass is 32.1. The zero-order valence-corrected chi connectivity index (χ0v) is 15.7. The number of benzene rings is 2. The number of amides is 2. The van der Waals surface area contributed by atoms with E-state index in [2.05, 4.69) is 10.3 Å². The van der Waals surface area contributed by atoms with E-state index in [1.807, 2.05) is 24.3 Å². The third-order valence-corrected chi connectivity index (χ3v) is 5.54. The number of fused-ring (bicyclic) bond motifs is 2. The summed E-state index contributed by atoms with van der Waals surface area (Å²) in [6.07, 6.45) is -0.861. The van der Waals surface area contributed by atoms with Crippen LogP contribution in [0.25, 0.3) is 10.2 Å². The molecule has 1 aliphatic heterocycles. The summed E-state index contributed by atoms with van der Waals surface area (Å²) in [5.41, 5.74) is 2.25. The predicted molar refractivity (Wildman–Crippen MR) is 104 cm³/mol. The van der Waals surface area contributed by atoms with Crippen molar-refractivity contribution < 1.29 is 19.4 Å². The first-order valence-corrected chi connectivity index (χ1v) is 9.25. The van der Waals surface area contributed by atoms with E-state index >= 15 is 0 Å². The molecule has 0 saturated heterocycles. The van der Waals surface area contributed by atoms with Crippen molar-refractivity contribution in [3.8, 4) is 11.5 Å². The van der Waals surface area contributed by atoms with Gasteiger partial charge in [-0.05, 0) is 24.3 Å². The summed E-state index contributed by atoms with van der Waals surface area (Å²) in [4.78, 5) is 18.7. The number of nitrogens with zero attached hydrogens (tertiary/aromatic N) is 2. The molecule has 140 valence electrons. The van der Waals surface area contributed by atoms with Gasteiger partial charge in [-0.1, -0.05) is 23.5 Å². The number of thiazole rings is 1. The number of nitrogens with one attached hydrogen (secondary N) is 1. The van der Waals surface area contributed by atoms with Crippen LogP contribution >= 0.6 is 11.3 Å². The van der Waals surface area contributed by atoms with Crippen LogP contribution in [-0.4, -0.2) is 41.8 Å². The van der Waals surface area contributed by atoms with Gasteiger partial charge in [0.15, 0.2) is 5.13 Å². The van der Waals surface area contributed by atoms with Crippen molar-refractivity contribution in [3.05, 3.63) is 47.5 Å². The second-order valence-corrected chi connectivity index (χ2v) is 7.21. The maximum atomic E-state index is 12.8. The lowest BCUT2D eigenvalue weighted by Crippen LogP contribution is -2.41. The zero-order chi connectivity index (χ0) is 19.0. The van der Waals surface area contributed by atoms with Gasteiger partial charge in [-0.15, -0.1) is 0 Å². The Morgan fingerprint density at radius 1 is 1.22 bits per heavy atom. The van der Waals surface area contributed by atoms with Crippen molar-refractivity contribution >= 4 is 32.7 Å². The molecule has 2 heterocycles. The maximum Gasteiger partial charge on any atom is 0.324 e. The van der Waals surface area contributed by atoms with Gasteiger partial charge < -0.3 is 19.5 Å². The Morgan fingerprint density at radius 2 is 1.96 bits per heavy atom. The first kappa shape index (κ1) is 17.6. The molecule has 4 rings (SSSR count). The van der Waals surface area contributed by atoms with E-state index in [4.69, 9.17) is 9.47 Å². The number of para-hydroxylation sites is 1. The fourth-order valence-corrected chi connectivity index (χ4v) is 4.18. The molecule has 2 N–H and O–H groups in total. The maximum absolute atomic E-state index is 12.8. The first-order chi connectivity index (χ1) is 13.1. The number of carbonyl (C=O) groups excluding carboxylic acids is 1. The minimum absolute atomic E-state index is 0.160. The average Bonchev–Trinajstić information content (AvgIpc) is 3.09. The lowest BCUT2D eigenvalue weighted by atomic mass is 9.95. The lowest BCUT2D eigenvalue weighted by molar-refractivity contribution is 0.105. The second-order valence-electron chi connectivity index (χ2n) is 6.18. The van der Waals surface area contributed by atoms with Gasteiger partial charge in [0, 0.05) is 11.1 Å². The molecule has 27 heavy (non-hydrogen) atoms. The Morgan fingerprint density at radius 3 is 2.70 bits per heavy atom. The molecule has 3 aromatic rings. The molecule has 1 atom stereocenters. The number of β-amino-alcohol motifs (C(OH)–C–C–N with tert-alkyl or cyclic N) is 1. The molecule has 8 heteroatoms. The molecular weight excluding hydrogens is 366 g/mol. The Bertz CT molecular complexity index is 971. The summed E-state index contributed by atoms with van der Waals surface area (Å²) in [6.45, 7) is 0.469. The van der Waals surface area contributed by atoms with Gasteiger partial charge in [0.25, 0.3) is 0 Å². The Kier molecular flexibility index (Phi) is 4.59. The Balaban J connectivity index is 1.59. The number of aliphatic hydroxyl groups is 1. The molecule has 2 amide bonds. The molecule has 1 aliphatic rings. The smallest absolute Gasteiger partial charge is 0.324 e. The average molecular weight is 385 g/mol. The van der Waals surface area contributed by atoms with Gasteiger partial charge in [0.1, 0.15) is 17.6 Å². The van der Waals surface area contributed by atoms with E-state index in [9.17, 15) is 9.90 Å². The summed E-state index contributed by atoms with van der Waals surface area (Å²) in [7, 11) is 3.12.